The number of carbonyl (C=O) groups is 1. The third-order valence-electron chi connectivity index (χ3n) is 5.02. The lowest BCUT2D eigenvalue weighted by Crippen LogP contribution is -2.47. The number of aliphatic imine (C=N–C) groups is 2. The van der Waals surface area contributed by atoms with Crippen LogP contribution < -0.4 is 10.1 Å². The van der Waals surface area contributed by atoms with Gasteiger partial charge in [0.15, 0.2) is 5.65 Å². The zero-order valence-corrected chi connectivity index (χ0v) is 16.0. The zero-order chi connectivity index (χ0) is 20.0. The van der Waals surface area contributed by atoms with Gasteiger partial charge in [-0.25, -0.2) is 15.0 Å². The van der Waals surface area contributed by atoms with Crippen molar-refractivity contribution < 1.29 is 9.53 Å². The minimum Gasteiger partial charge on any atom is -0.494 e. The normalized spacial score (nSPS) is 14.8. The van der Waals surface area contributed by atoms with Crippen molar-refractivity contribution in [3.05, 3.63) is 59.4 Å². The SMILES string of the molecule is COc1cccc2c1N=C(NC(=O)c1cc3cccnc3nc1C)N1CCN=C21. The molecule has 144 valence electrons. The van der Waals surface area contributed by atoms with Crippen LogP contribution >= 0.6 is 0 Å². The number of amides is 1. The lowest BCUT2D eigenvalue weighted by molar-refractivity contribution is 0.0973. The summed E-state index contributed by atoms with van der Waals surface area (Å²) in [6, 6.07) is 11.2. The minimum atomic E-state index is -0.274. The Balaban J connectivity index is 1.54. The van der Waals surface area contributed by atoms with Gasteiger partial charge in [-0.05, 0) is 37.3 Å². The molecule has 0 fully saturated rings. The predicted molar refractivity (Wildman–Crippen MR) is 110 cm³/mol. The maximum Gasteiger partial charge on any atom is 0.259 e. The Hall–Kier alpha value is -3.81. The molecule has 0 saturated carbocycles. The maximum atomic E-state index is 13.1. The summed E-state index contributed by atoms with van der Waals surface area (Å²) in [4.78, 5) is 33.0. The first-order chi connectivity index (χ1) is 14.2. The molecule has 0 spiro atoms. The quantitative estimate of drug-likeness (QED) is 0.730. The molecule has 8 heteroatoms. The molecule has 0 aliphatic carbocycles. The summed E-state index contributed by atoms with van der Waals surface area (Å²) in [5.41, 5.74) is 3.27. The van der Waals surface area contributed by atoms with Crippen molar-refractivity contribution in [2.24, 2.45) is 9.98 Å². The van der Waals surface area contributed by atoms with Gasteiger partial charge in [0, 0.05) is 23.7 Å². The highest BCUT2D eigenvalue weighted by Crippen LogP contribution is 2.36. The van der Waals surface area contributed by atoms with Gasteiger partial charge >= 0.3 is 0 Å². The number of carbonyl (C=O) groups excluding carboxylic acids is 1. The summed E-state index contributed by atoms with van der Waals surface area (Å²) in [6.45, 7) is 3.10. The summed E-state index contributed by atoms with van der Waals surface area (Å²) >= 11 is 0. The Bertz CT molecular complexity index is 1220. The maximum absolute atomic E-state index is 13.1. The molecule has 1 aromatic carbocycles. The molecular weight excluding hydrogens is 368 g/mol. The van der Waals surface area contributed by atoms with E-state index in [4.69, 9.17) is 4.74 Å². The van der Waals surface area contributed by atoms with E-state index in [0.29, 0.717) is 47.4 Å². The summed E-state index contributed by atoms with van der Waals surface area (Å²) < 4.78 is 5.46. The zero-order valence-electron chi connectivity index (χ0n) is 16.0. The number of nitrogens with one attached hydrogen (secondary N) is 1. The number of hydrogen-bond donors (Lipinski definition) is 1. The summed E-state index contributed by atoms with van der Waals surface area (Å²) in [6.07, 6.45) is 1.68. The van der Waals surface area contributed by atoms with E-state index in [-0.39, 0.29) is 5.91 Å². The number of para-hydroxylation sites is 1. The first kappa shape index (κ1) is 17.3. The molecule has 1 amide bonds. The van der Waals surface area contributed by atoms with Crippen LogP contribution in [0.2, 0.25) is 0 Å². The molecule has 0 bridgehead atoms. The van der Waals surface area contributed by atoms with E-state index in [1.807, 2.05) is 35.2 Å². The van der Waals surface area contributed by atoms with Crippen molar-refractivity contribution in [2.45, 2.75) is 6.92 Å². The van der Waals surface area contributed by atoms with Crippen LogP contribution in [-0.4, -0.2) is 52.8 Å². The monoisotopic (exact) mass is 386 g/mol. The molecule has 0 unspecified atom stereocenters. The number of benzene rings is 1. The summed E-state index contributed by atoms with van der Waals surface area (Å²) in [5.74, 6) is 1.60. The van der Waals surface area contributed by atoms with E-state index < -0.39 is 0 Å². The van der Waals surface area contributed by atoms with Crippen molar-refractivity contribution in [1.82, 2.24) is 20.2 Å². The average Bonchev–Trinajstić information content (AvgIpc) is 3.23. The summed E-state index contributed by atoms with van der Waals surface area (Å²) in [5, 5.41) is 3.75. The van der Waals surface area contributed by atoms with E-state index >= 15 is 0 Å². The van der Waals surface area contributed by atoms with E-state index in [0.717, 1.165) is 16.8 Å². The van der Waals surface area contributed by atoms with Crippen molar-refractivity contribution >= 4 is 34.4 Å². The van der Waals surface area contributed by atoms with Gasteiger partial charge in [0.05, 0.1) is 24.9 Å². The second-order valence-electron chi connectivity index (χ2n) is 6.77. The first-order valence-corrected chi connectivity index (χ1v) is 9.27. The molecule has 2 aromatic heterocycles. The van der Waals surface area contributed by atoms with E-state index in [1.54, 1.807) is 26.3 Å². The molecule has 0 atom stereocenters. The number of aromatic nitrogens is 2. The number of nitrogens with zero attached hydrogens (tertiary/aromatic N) is 5. The standard InChI is InChI=1S/C21H18N6O2/c1-12-15(11-13-5-4-8-22-18(13)24-12)20(28)26-21-25-17-14(6-3-7-16(17)29-2)19-23-9-10-27(19)21/h3-8,11H,9-10H2,1-2H3,(H,25,26,28). The molecule has 0 saturated heterocycles. The molecule has 2 aliphatic rings. The van der Waals surface area contributed by atoms with Crippen LogP contribution in [0.5, 0.6) is 5.75 Å². The van der Waals surface area contributed by atoms with E-state index in [9.17, 15) is 4.79 Å². The highest BCUT2D eigenvalue weighted by molar-refractivity contribution is 6.20. The van der Waals surface area contributed by atoms with Gasteiger partial charge in [-0.1, -0.05) is 6.07 Å². The highest BCUT2D eigenvalue weighted by Gasteiger charge is 2.32. The summed E-state index contributed by atoms with van der Waals surface area (Å²) in [7, 11) is 1.60. The Morgan fingerprint density at radius 1 is 1.24 bits per heavy atom. The van der Waals surface area contributed by atoms with Crippen molar-refractivity contribution in [2.75, 3.05) is 20.2 Å². The van der Waals surface area contributed by atoms with Gasteiger partial charge in [0.25, 0.3) is 5.91 Å². The Morgan fingerprint density at radius 2 is 2.14 bits per heavy atom. The topological polar surface area (TPSA) is 92.1 Å². The molecule has 8 nitrogen and oxygen atoms in total. The second-order valence-corrected chi connectivity index (χ2v) is 6.77. The lowest BCUT2D eigenvalue weighted by Gasteiger charge is -2.28. The third-order valence-corrected chi connectivity index (χ3v) is 5.02. The highest BCUT2D eigenvalue weighted by atomic mass is 16.5. The number of aryl methyl sites for hydroxylation is 1. The van der Waals surface area contributed by atoms with Gasteiger partial charge in [-0.2, -0.15) is 0 Å². The number of amidine groups is 1. The molecule has 5 rings (SSSR count). The number of pyridine rings is 2. The molecule has 3 aromatic rings. The van der Waals surface area contributed by atoms with Crippen LogP contribution in [0, 0.1) is 6.92 Å². The molecular formula is C21H18N6O2. The molecule has 2 aliphatic heterocycles. The number of guanidine groups is 1. The number of fused-ring (bicyclic) bond motifs is 4. The van der Waals surface area contributed by atoms with Gasteiger partial charge in [-0.15, -0.1) is 0 Å². The fourth-order valence-electron chi connectivity index (χ4n) is 3.62. The van der Waals surface area contributed by atoms with Crippen molar-refractivity contribution in [3.8, 4) is 5.75 Å². The van der Waals surface area contributed by atoms with E-state index in [1.165, 1.54) is 0 Å². The average molecular weight is 386 g/mol. The van der Waals surface area contributed by atoms with E-state index in [2.05, 4.69) is 25.3 Å². The second kappa shape index (κ2) is 6.66. The number of rotatable bonds is 2. The van der Waals surface area contributed by atoms with Crippen LogP contribution in [0.1, 0.15) is 21.6 Å². The molecule has 1 N–H and O–H groups in total. The molecule has 0 radical (unpaired) electrons. The van der Waals surface area contributed by atoms with Gasteiger partial charge in [-0.3, -0.25) is 20.0 Å². The number of methoxy groups -OCH3 is 1. The lowest BCUT2D eigenvalue weighted by atomic mass is 10.1. The van der Waals surface area contributed by atoms with Crippen LogP contribution in [0.25, 0.3) is 11.0 Å². The Kier molecular flexibility index (Phi) is 3.97. The smallest absolute Gasteiger partial charge is 0.259 e. The number of hydrogen-bond acceptors (Lipinski definition) is 7. The fourth-order valence-corrected chi connectivity index (χ4v) is 3.62. The Morgan fingerprint density at radius 3 is 3.00 bits per heavy atom. The number of ether oxygens (including phenoxy) is 1. The molecule has 29 heavy (non-hydrogen) atoms. The van der Waals surface area contributed by atoms with Crippen molar-refractivity contribution in [3.63, 3.8) is 0 Å². The molecule has 4 heterocycles. The van der Waals surface area contributed by atoms with Gasteiger partial charge in [0.2, 0.25) is 5.96 Å². The van der Waals surface area contributed by atoms with Crippen molar-refractivity contribution in [1.29, 1.82) is 0 Å². The van der Waals surface area contributed by atoms with Crippen LogP contribution in [0.3, 0.4) is 0 Å². The minimum absolute atomic E-state index is 0.274. The third kappa shape index (κ3) is 2.80. The van der Waals surface area contributed by atoms with Crippen LogP contribution in [0.4, 0.5) is 5.69 Å². The van der Waals surface area contributed by atoms with Crippen LogP contribution in [0.15, 0.2) is 52.6 Å². The van der Waals surface area contributed by atoms with Gasteiger partial charge < -0.3 is 4.74 Å². The van der Waals surface area contributed by atoms with Gasteiger partial charge in [0.1, 0.15) is 17.3 Å². The predicted octanol–water partition coefficient (Wildman–Crippen LogP) is 2.44. The Labute approximate surface area is 167 Å². The fraction of sp³-hybridized carbons (Fsp3) is 0.190. The first-order valence-electron chi connectivity index (χ1n) is 9.27. The largest absolute Gasteiger partial charge is 0.494 e. The van der Waals surface area contributed by atoms with Crippen LogP contribution in [-0.2, 0) is 0 Å².